The molecule has 3 aliphatic rings. The number of carbonyl (C=O) groups is 1. The van der Waals surface area contributed by atoms with Gasteiger partial charge < -0.3 is 19.7 Å². The molecule has 0 aromatic rings. The smallest absolute Gasteiger partial charge is 0.410 e. The Kier molecular flexibility index (Phi) is 5.94. The third-order valence-electron chi connectivity index (χ3n) is 6.31. The molecule has 1 amide bonds. The molecule has 2 aliphatic heterocycles. The Balaban J connectivity index is 1.41. The molecule has 2 saturated heterocycles. The first-order valence-electron chi connectivity index (χ1n) is 10.2. The summed E-state index contributed by atoms with van der Waals surface area (Å²) in [6.45, 7) is 10.4. The maximum Gasteiger partial charge on any atom is 0.410 e. The average molecular weight is 353 g/mol. The van der Waals surface area contributed by atoms with E-state index >= 15 is 0 Å². The number of carbonyl (C=O) groups excluding carboxylic acids is 1. The summed E-state index contributed by atoms with van der Waals surface area (Å²) in [4.78, 5) is 14.0. The van der Waals surface area contributed by atoms with Gasteiger partial charge in [0.1, 0.15) is 5.60 Å². The van der Waals surface area contributed by atoms with E-state index in [0.717, 1.165) is 45.7 Å². The topological polar surface area (TPSA) is 50.8 Å². The SMILES string of the molecule is CC(C)(C)OC(=O)N1CCC(CNC2CCCC23CCOCC3)CC1. The fourth-order valence-corrected chi connectivity index (χ4v) is 4.79. The molecule has 0 aromatic heterocycles. The Morgan fingerprint density at radius 3 is 2.48 bits per heavy atom. The summed E-state index contributed by atoms with van der Waals surface area (Å²) in [6.07, 6.45) is 8.49. The van der Waals surface area contributed by atoms with Crippen LogP contribution in [0.2, 0.25) is 0 Å². The Morgan fingerprint density at radius 1 is 1.16 bits per heavy atom. The molecule has 1 spiro atoms. The van der Waals surface area contributed by atoms with Crippen LogP contribution in [0.25, 0.3) is 0 Å². The first-order chi connectivity index (χ1) is 11.9. The minimum Gasteiger partial charge on any atom is -0.444 e. The second kappa shape index (κ2) is 7.83. The molecule has 25 heavy (non-hydrogen) atoms. The molecule has 1 unspecified atom stereocenters. The van der Waals surface area contributed by atoms with Crippen molar-refractivity contribution in [1.29, 1.82) is 0 Å². The van der Waals surface area contributed by atoms with Gasteiger partial charge >= 0.3 is 6.09 Å². The lowest BCUT2D eigenvalue weighted by molar-refractivity contribution is 0.00273. The molecule has 0 bridgehead atoms. The highest BCUT2D eigenvalue weighted by atomic mass is 16.6. The minimum atomic E-state index is -0.407. The van der Waals surface area contributed by atoms with Gasteiger partial charge in [-0.3, -0.25) is 0 Å². The van der Waals surface area contributed by atoms with E-state index in [1.54, 1.807) is 0 Å². The van der Waals surface area contributed by atoms with E-state index in [4.69, 9.17) is 9.47 Å². The summed E-state index contributed by atoms with van der Waals surface area (Å²) in [5, 5.41) is 3.90. The van der Waals surface area contributed by atoms with Crippen molar-refractivity contribution in [3.63, 3.8) is 0 Å². The summed E-state index contributed by atoms with van der Waals surface area (Å²) >= 11 is 0. The Hall–Kier alpha value is -0.810. The normalized spacial score (nSPS) is 27.6. The van der Waals surface area contributed by atoms with Gasteiger partial charge in [0, 0.05) is 32.3 Å². The number of rotatable bonds is 3. The van der Waals surface area contributed by atoms with Crippen molar-refractivity contribution in [3.8, 4) is 0 Å². The Morgan fingerprint density at radius 2 is 1.84 bits per heavy atom. The van der Waals surface area contributed by atoms with E-state index in [1.807, 2.05) is 25.7 Å². The maximum absolute atomic E-state index is 12.2. The van der Waals surface area contributed by atoms with Crippen LogP contribution < -0.4 is 5.32 Å². The van der Waals surface area contributed by atoms with Crippen molar-refractivity contribution in [3.05, 3.63) is 0 Å². The second-order valence-corrected chi connectivity index (χ2v) is 9.24. The van der Waals surface area contributed by atoms with Crippen molar-refractivity contribution in [1.82, 2.24) is 10.2 Å². The van der Waals surface area contributed by atoms with Gasteiger partial charge in [-0.15, -0.1) is 0 Å². The highest BCUT2D eigenvalue weighted by molar-refractivity contribution is 5.68. The summed E-state index contributed by atoms with van der Waals surface area (Å²) in [7, 11) is 0. The van der Waals surface area contributed by atoms with E-state index in [1.165, 1.54) is 32.1 Å². The van der Waals surface area contributed by atoms with E-state index in [0.29, 0.717) is 17.4 Å². The van der Waals surface area contributed by atoms with Crippen molar-refractivity contribution < 1.29 is 14.3 Å². The molecule has 5 heteroatoms. The Labute approximate surface area is 152 Å². The maximum atomic E-state index is 12.2. The van der Waals surface area contributed by atoms with Crippen LogP contribution in [-0.4, -0.2) is 55.5 Å². The summed E-state index contributed by atoms with van der Waals surface area (Å²) < 4.78 is 11.1. The number of ether oxygens (including phenoxy) is 2. The van der Waals surface area contributed by atoms with Crippen LogP contribution in [0.1, 0.15) is 65.7 Å². The molecule has 2 heterocycles. The molecule has 144 valence electrons. The van der Waals surface area contributed by atoms with Crippen molar-refractivity contribution >= 4 is 6.09 Å². The van der Waals surface area contributed by atoms with Gasteiger partial charge in [0.25, 0.3) is 0 Å². The number of amides is 1. The summed E-state index contributed by atoms with van der Waals surface area (Å²) in [6, 6.07) is 0.667. The number of piperidine rings is 1. The zero-order valence-corrected chi connectivity index (χ0v) is 16.3. The molecular weight excluding hydrogens is 316 g/mol. The van der Waals surface area contributed by atoms with Crippen LogP contribution in [0, 0.1) is 11.3 Å². The van der Waals surface area contributed by atoms with Crippen LogP contribution in [0.4, 0.5) is 4.79 Å². The van der Waals surface area contributed by atoms with Gasteiger partial charge in [0.2, 0.25) is 0 Å². The van der Waals surface area contributed by atoms with Crippen LogP contribution in [0.15, 0.2) is 0 Å². The zero-order chi connectivity index (χ0) is 17.9. The number of hydrogen-bond donors (Lipinski definition) is 1. The van der Waals surface area contributed by atoms with Crippen LogP contribution in [0.5, 0.6) is 0 Å². The predicted octanol–water partition coefficient (Wildman–Crippen LogP) is 3.57. The van der Waals surface area contributed by atoms with Gasteiger partial charge in [-0.05, 0) is 77.2 Å². The molecule has 1 N–H and O–H groups in total. The van der Waals surface area contributed by atoms with E-state index in [-0.39, 0.29) is 6.09 Å². The van der Waals surface area contributed by atoms with Crippen LogP contribution in [-0.2, 0) is 9.47 Å². The van der Waals surface area contributed by atoms with Gasteiger partial charge in [0.05, 0.1) is 0 Å². The highest BCUT2D eigenvalue weighted by Crippen LogP contribution is 2.46. The lowest BCUT2D eigenvalue weighted by atomic mass is 9.75. The first kappa shape index (κ1) is 19.0. The average Bonchev–Trinajstić information content (AvgIpc) is 2.94. The third kappa shape index (κ3) is 4.88. The lowest BCUT2D eigenvalue weighted by Gasteiger charge is -2.40. The molecular formula is C20H36N2O3. The van der Waals surface area contributed by atoms with Gasteiger partial charge in [0.15, 0.2) is 0 Å². The van der Waals surface area contributed by atoms with Crippen molar-refractivity contribution in [2.75, 3.05) is 32.8 Å². The lowest BCUT2D eigenvalue weighted by Crippen LogP contribution is -2.48. The Bertz CT molecular complexity index is 446. The standard InChI is InChI=1S/C20H36N2O3/c1-19(2,3)25-18(23)22-11-6-16(7-12-22)15-21-17-5-4-8-20(17)9-13-24-14-10-20/h16-17,21H,4-15H2,1-3H3. The van der Waals surface area contributed by atoms with Crippen molar-refractivity contribution in [2.24, 2.45) is 11.3 Å². The largest absolute Gasteiger partial charge is 0.444 e. The third-order valence-corrected chi connectivity index (χ3v) is 6.31. The van der Waals surface area contributed by atoms with E-state index in [9.17, 15) is 4.79 Å². The minimum absolute atomic E-state index is 0.157. The number of nitrogens with zero attached hydrogens (tertiary/aromatic N) is 1. The second-order valence-electron chi connectivity index (χ2n) is 9.24. The molecule has 1 atom stereocenters. The van der Waals surface area contributed by atoms with Crippen LogP contribution >= 0.6 is 0 Å². The van der Waals surface area contributed by atoms with Crippen LogP contribution in [0.3, 0.4) is 0 Å². The molecule has 0 radical (unpaired) electrons. The fraction of sp³-hybridized carbons (Fsp3) is 0.950. The molecule has 5 nitrogen and oxygen atoms in total. The van der Waals surface area contributed by atoms with E-state index < -0.39 is 5.60 Å². The van der Waals surface area contributed by atoms with Gasteiger partial charge in [-0.1, -0.05) is 6.42 Å². The van der Waals surface area contributed by atoms with E-state index in [2.05, 4.69) is 5.32 Å². The first-order valence-corrected chi connectivity index (χ1v) is 10.2. The zero-order valence-electron chi connectivity index (χ0n) is 16.3. The molecule has 3 fully saturated rings. The number of likely N-dealkylation sites (tertiary alicyclic amines) is 1. The molecule has 0 aromatic carbocycles. The molecule has 1 aliphatic carbocycles. The summed E-state index contributed by atoms with van der Waals surface area (Å²) in [5.41, 5.74) is 0.0887. The van der Waals surface area contributed by atoms with Gasteiger partial charge in [-0.2, -0.15) is 0 Å². The molecule has 1 saturated carbocycles. The van der Waals surface area contributed by atoms with Gasteiger partial charge in [-0.25, -0.2) is 4.79 Å². The fourth-order valence-electron chi connectivity index (χ4n) is 4.79. The number of nitrogens with one attached hydrogen (secondary N) is 1. The quantitative estimate of drug-likeness (QED) is 0.843. The monoisotopic (exact) mass is 352 g/mol. The predicted molar refractivity (Wildman–Crippen MR) is 98.7 cm³/mol. The molecule has 3 rings (SSSR count). The highest BCUT2D eigenvalue weighted by Gasteiger charge is 2.43. The number of hydrogen-bond acceptors (Lipinski definition) is 4. The van der Waals surface area contributed by atoms with Crippen molar-refractivity contribution in [2.45, 2.75) is 77.4 Å². The summed E-state index contributed by atoms with van der Waals surface area (Å²) in [5.74, 6) is 0.677.